The number of aryl methyl sites for hydroxylation is 1. The van der Waals surface area contributed by atoms with Crippen LogP contribution < -0.4 is 0 Å². The van der Waals surface area contributed by atoms with Gasteiger partial charge in [0, 0.05) is 5.56 Å². The summed E-state index contributed by atoms with van der Waals surface area (Å²) in [5, 5.41) is 13.4. The van der Waals surface area contributed by atoms with Crippen LogP contribution in [-0.4, -0.2) is 9.78 Å². The van der Waals surface area contributed by atoms with Crippen molar-refractivity contribution in [1.82, 2.24) is 9.78 Å². The molecule has 3 rings (SSSR count). The van der Waals surface area contributed by atoms with E-state index in [2.05, 4.69) is 11.2 Å². The second-order valence-corrected chi connectivity index (χ2v) is 4.13. The molecule has 0 bridgehead atoms. The van der Waals surface area contributed by atoms with Gasteiger partial charge in [-0.1, -0.05) is 12.1 Å². The minimum Gasteiger partial charge on any atom is -0.370 e. The minimum absolute atomic E-state index is 0.471. The topological polar surface area (TPSA) is 50.8 Å². The van der Waals surface area contributed by atoms with Crippen LogP contribution in [0.1, 0.15) is 22.5 Å². The van der Waals surface area contributed by atoms with E-state index in [-0.39, 0.29) is 0 Å². The third-order valence-electron chi connectivity index (χ3n) is 2.93. The fourth-order valence-electron chi connectivity index (χ4n) is 2.10. The second kappa shape index (κ2) is 3.72. The summed E-state index contributed by atoms with van der Waals surface area (Å²) >= 11 is 0. The third kappa shape index (κ3) is 1.52. The van der Waals surface area contributed by atoms with Gasteiger partial charge in [-0.15, -0.1) is 0 Å². The quantitative estimate of drug-likeness (QED) is 0.746. The summed E-state index contributed by atoms with van der Waals surface area (Å²) in [6.07, 6.45) is 0. The summed E-state index contributed by atoms with van der Waals surface area (Å²) < 4.78 is 7.19. The van der Waals surface area contributed by atoms with E-state index in [4.69, 9.17) is 10.00 Å². The summed E-state index contributed by atoms with van der Waals surface area (Å²) in [5.74, 6) is 0. The Kier molecular flexibility index (Phi) is 2.20. The lowest BCUT2D eigenvalue weighted by atomic mass is 10.2. The van der Waals surface area contributed by atoms with Crippen LogP contribution in [0.2, 0.25) is 0 Å². The van der Waals surface area contributed by atoms with Gasteiger partial charge < -0.3 is 4.74 Å². The highest BCUT2D eigenvalue weighted by Crippen LogP contribution is 2.25. The van der Waals surface area contributed by atoms with Crippen molar-refractivity contribution in [1.29, 1.82) is 5.26 Å². The van der Waals surface area contributed by atoms with E-state index in [0.717, 1.165) is 16.9 Å². The Morgan fingerprint density at radius 3 is 3.06 bits per heavy atom. The summed E-state index contributed by atoms with van der Waals surface area (Å²) in [5.41, 5.74) is 4.54. The van der Waals surface area contributed by atoms with E-state index in [1.54, 1.807) is 0 Å². The number of ether oxygens (including phenoxy) is 1. The van der Waals surface area contributed by atoms with Crippen LogP contribution >= 0.6 is 0 Å². The molecule has 0 saturated carbocycles. The van der Waals surface area contributed by atoms with Crippen LogP contribution in [0.5, 0.6) is 0 Å². The molecule has 1 aromatic heterocycles. The number of hydrogen-bond acceptors (Lipinski definition) is 3. The van der Waals surface area contributed by atoms with Crippen molar-refractivity contribution in [2.24, 2.45) is 0 Å². The van der Waals surface area contributed by atoms with E-state index in [9.17, 15) is 0 Å². The molecule has 4 heteroatoms. The number of aromatic nitrogens is 2. The summed E-state index contributed by atoms with van der Waals surface area (Å²) in [6, 6.07) is 10.2. The predicted molar refractivity (Wildman–Crippen MR) is 61.5 cm³/mol. The summed E-state index contributed by atoms with van der Waals surface area (Å²) in [6.45, 7) is 3.05. The number of rotatable bonds is 1. The standard InChI is InChI=1S/C13H11N3O/c1-9-3-2-4-10(5-9)16-13-8-17-7-11(13)12(6-14)15-16/h2-5H,7-8H2,1H3. The number of nitrogens with zero attached hydrogens (tertiary/aromatic N) is 3. The Morgan fingerprint density at radius 1 is 1.41 bits per heavy atom. The van der Waals surface area contributed by atoms with Gasteiger partial charge in [0.25, 0.3) is 0 Å². The average molecular weight is 225 g/mol. The molecule has 1 aliphatic heterocycles. The van der Waals surface area contributed by atoms with Crippen LogP contribution in [0.4, 0.5) is 0 Å². The molecule has 4 nitrogen and oxygen atoms in total. The zero-order valence-electron chi connectivity index (χ0n) is 9.47. The lowest BCUT2D eigenvalue weighted by Gasteiger charge is -2.05. The first-order chi connectivity index (χ1) is 8.29. The SMILES string of the molecule is Cc1cccc(-n2nc(C#N)c3c2COC3)c1. The Bertz CT molecular complexity index is 622. The maximum absolute atomic E-state index is 9.04. The Morgan fingerprint density at radius 2 is 2.29 bits per heavy atom. The van der Waals surface area contributed by atoms with Gasteiger partial charge in [0.1, 0.15) is 6.07 Å². The zero-order chi connectivity index (χ0) is 11.8. The van der Waals surface area contributed by atoms with Crippen LogP contribution in [0, 0.1) is 18.3 Å². The molecule has 2 aromatic rings. The van der Waals surface area contributed by atoms with E-state index in [1.165, 1.54) is 5.56 Å². The molecule has 0 spiro atoms. The van der Waals surface area contributed by atoms with Gasteiger partial charge in [0.05, 0.1) is 24.6 Å². The van der Waals surface area contributed by atoms with Crippen molar-refractivity contribution in [3.05, 3.63) is 46.8 Å². The number of fused-ring (bicyclic) bond motifs is 1. The van der Waals surface area contributed by atoms with Gasteiger partial charge in [-0.2, -0.15) is 10.4 Å². The van der Waals surface area contributed by atoms with Gasteiger partial charge in [-0.25, -0.2) is 4.68 Å². The lowest BCUT2D eigenvalue weighted by molar-refractivity contribution is 0.130. The van der Waals surface area contributed by atoms with Crippen molar-refractivity contribution < 1.29 is 4.74 Å². The molecule has 2 heterocycles. The molecule has 0 amide bonds. The first-order valence-corrected chi connectivity index (χ1v) is 5.45. The first-order valence-electron chi connectivity index (χ1n) is 5.45. The van der Waals surface area contributed by atoms with Crippen LogP contribution in [0.25, 0.3) is 5.69 Å². The fourth-order valence-corrected chi connectivity index (χ4v) is 2.10. The molecule has 0 aliphatic carbocycles. The van der Waals surface area contributed by atoms with Gasteiger partial charge in [0.15, 0.2) is 5.69 Å². The second-order valence-electron chi connectivity index (χ2n) is 4.13. The molecule has 0 unspecified atom stereocenters. The summed E-state index contributed by atoms with van der Waals surface area (Å²) in [4.78, 5) is 0. The molecule has 1 aromatic carbocycles. The molecule has 0 fully saturated rings. The molecular formula is C13H11N3O. The number of nitriles is 1. The molecule has 1 aliphatic rings. The van der Waals surface area contributed by atoms with E-state index in [1.807, 2.05) is 35.9 Å². The van der Waals surface area contributed by atoms with E-state index in [0.29, 0.717) is 18.9 Å². The van der Waals surface area contributed by atoms with Crippen LogP contribution in [0.15, 0.2) is 24.3 Å². The molecule has 0 N–H and O–H groups in total. The van der Waals surface area contributed by atoms with Gasteiger partial charge in [-0.05, 0) is 24.6 Å². The summed E-state index contributed by atoms with van der Waals surface area (Å²) in [7, 11) is 0. The van der Waals surface area contributed by atoms with Gasteiger partial charge in [-0.3, -0.25) is 0 Å². The lowest BCUT2D eigenvalue weighted by Crippen LogP contribution is -2.01. The molecule has 84 valence electrons. The smallest absolute Gasteiger partial charge is 0.168 e. The maximum Gasteiger partial charge on any atom is 0.168 e. The molecule has 0 atom stereocenters. The Balaban J connectivity index is 2.19. The largest absolute Gasteiger partial charge is 0.370 e. The van der Waals surface area contributed by atoms with Gasteiger partial charge in [0.2, 0.25) is 0 Å². The third-order valence-corrected chi connectivity index (χ3v) is 2.93. The van der Waals surface area contributed by atoms with Gasteiger partial charge >= 0.3 is 0 Å². The first kappa shape index (κ1) is 10.1. The number of hydrogen-bond donors (Lipinski definition) is 0. The van der Waals surface area contributed by atoms with Crippen LogP contribution in [0.3, 0.4) is 0 Å². The molecule has 0 radical (unpaired) electrons. The minimum atomic E-state index is 0.471. The highest BCUT2D eigenvalue weighted by Gasteiger charge is 2.23. The Hall–Kier alpha value is -2.12. The Labute approximate surface area is 99.1 Å². The van der Waals surface area contributed by atoms with Crippen molar-refractivity contribution in [3.8, 4) is 11.8 Å². The monoisotopic (exact) mass is 225 g/mol. The fraction of sp³-hybridized carbons (Fsp3) is 0.231. The highest BCUT2D eigenvalue weighted by atomic mass is 16.5. The zero-order valence-corrected chi connectivity index (χ0v) is 9.47. The molecular weight excluding hydrogens is 214 g/mol. The maximum atomic E-state index is 9.04. The highest BCUT2D eigenvalue weighted by molar-refractivity contribution is 5.43. The number of benzene rings is 1. The van der Waals surface area contributed by atoms with Crippen molar-refractivity contribution >= 4 is 0 Å². The van der Waals surface area contributed by atoms with Crippen LogP contribution in [-0.2, 0) is 18.0 Å². The molecule has 17 heavy (non-hydrogen) atoms. The predicted octanol–water partition coefficient (Wildman–Crippen LogP) is 2.08. The van der Waals surface area contributed by atoms with E-state index < -0.39 is 0 Å². The van der Waals surface area contributed by atoms with Crippen molar-refractivity contribution in [2.75, 3.05) is 0 Å². The van der Waals surface area contributed by atoms with E-state index >= 15 is 0 Å². The average Bonchev–Trinajstić information content (AvgIpc) is 2.89. The normalized spacial score (nSPS) is 13.4. The van der Waals surface area contributed by atoms with Crippen molar-refractivity contribution in [2.45, 2.75) is 20.1 Å². The van der Waals surface area contributed by atoms with Crippen molar-refractivity contribution in [3.63, 3.8) is 0 Å². The molecule has 0 saturated heterocycles.